The average Bonchev–Trinajstić information content (AvgIpc) is 3.21. The lowest BCUT2D eigenvalue weighted by molar-refractivity contribution is -0.144. The molecule has 0 radical (unpaired) electrons. The molecule has 0 unspecified atom stereocenters. The zero-order chi connectivity index (χ0) is 22.2. The number of hydrogen-bond acceptors (Lipinski definition) is 5. The van der Waals surface area contributed by atoms with Gasteiger partial charge >= 0.3 is 0 Å². The van der Waals surface area contributed by atoms with Crippen molar-refractivity contribution >= 4 is 17.2 Å². The van der Waals surface area contributed by atoms with Gasteiger partial charge in [0.1, 0.15) is 5.01 Å². The number of aromatic nitrogens is 1. The molecule has 6 heteroatoms. The van der Waals surface area contributed by atoms with Gasteiger partial charge in [0.05, 0.1) is 24.9 Å². The van der Waals surface area contributed by atoms with Crippen LogP contribution >= 0.6 is 11.3 Å². The third-order valence-electron chi connectivity index (χ3n) is 7.69. The van der Waals surface area contributed by atoms with Gasteiger partial charge in [-0.3, -0.25) is 4.79 Å². The van der Waals surface area contributed by atoms with Gasteiger partial charge in [-0.05, 0) is 30.6 Å². The van der Waals surface area contributed by atoms with Crippen molar-refractivity contribution in [2.75, 3.05) is 13.2 Å². The lowest BCUT2D eigenvalue weighted by atomic mass is 9.47. The Morgan fingerprint density at radius 3 is 2.77 bits per heavy atom. The summed E-state index contributed by atoms with van der Waals surface area (Å²) in [5.41, 5.74) is 1.19. The van der Waals surface area contributed by atoms with E-state index in [4.69, 9.17) is 11.4 Å². The van der Waals surface area contributed by atoms with Crippen molar-refractivity contribution in [2.45, 2.75) is 51.6 Å². The predicted octanol–water partition coefficient (Wildman–Crippen LogP) is 3.37. The van der Waals surface area contributed by atoms with Crippen molar-refractivity contribution in [3.63, 3.8) is 0 Å². The summed E-state index contributed by atoms with van der Waals surface area (Å²) in [5, 5.41) is 24.9. The number of nitrogens with one attached hydrogen (secondary N) is 1. The normalized spacial score (nSPS) is 31.9. The topological polar surface area (TPSA) is 82.5 Å². The molecule has 1 aromatic carbocycles. The molecule has 1 saturated carbocycles. The van der Waals surface area contributed by atoms with Crippen LogP contribution in [0, 0.1) is 29.1 Å². The van der Waals surface area contributed by atoms with Crippen LogP contribution in [0.2, 0.25) is 0 Å². The molecular weight excluding hydrogens is 408 g/mol. The molecule has 164 valence electrons. The fourth-order valence-corrected chi connectivity index (χ4v) is 6.93. The third kappa shape index (κ3) is 3.69. The molecular formula is C25H30N2O3S. The number of nitrogens with zero attached hydrogens (tertiary/aromatic N) is 1. The highest BCUT2D eigenvalue weighted by molar-refractivity contribution is 7.15. The molecule has 31 heavy (non-hydrogen) atoms. The molecule has 5 nitrogen and oxygen atoms in total. The number of hydrogen-bond donors (Lipinski definition) is 3. The van der Waals surface area contributed by atoms with Crippen LogP contribution in [0.25, 0.3) is 10.6 Å². The average molecular weight is 439 g/mol. The van der Waals surface area contributed by atoms with Crippen molar-refractivity contribution in [3.8, 4) is 22.9 Å². The number of terminal acetylenes is 1. The van der Waals surface area contributed by atoms with E-state index in [0.717, 1.165) is 34.0 Å². The first-order valence-corrected chi connectivity index (χ1v) is 11.7. The van der Waals surface area contributed by atoms with E-state index in [9.17, 15) is 15.0 Å². The molecule has 4 rings (SSSR count). The maximum Gasteiger partial charge on any atom is 0.221 e. The Kier molecular flexibility index (Phi) is 5.95. The predicted molar refractivity (Wildman–Crippen MR) is 122 cm³/mol. The number of carbonyl (C=O) groups excluding carboxylic acids is 1. The Morgan fingerprint density at radius 2 is 2.10 bits per heavy atom. The van der Waals surface area contributed by atoms with Gasteiger partial charge in [0.2, 0.25) is 5.91 Å². The standard InChI is InChI=1S/C25H30N2O3S/c1-4-12-26-21(30)13-17-22-18(31-23(27-22)16-8-6-5-7-9-16)14-19-24(17,2)11-10-20(29)25(19,3)15-28/h1,5-9,17,19-20,28-29H,10-15H2,2-3H3,(H,26,30)/t17-,19+,20-,24+,25+/m1/s1. The van der Waals surface area contributed by atoms with Crippen molar-refractivity contribution in [2.24, 2.45) is 16.7 Å². The summed E-state index contributed by atoms with van der Waals surface area (Å²) in [7, 11) is 0. The van der Waals surface area contributed by atoms with Gasteiger partial charge in [0.15, 0.2) is 0 Å². The number of aliphatic hydroxyl groups excluding tert-OH is 2. The van der Waals surface area contributed by atoms with E-state index in [1.165, 1.54) is 0 Å². The molecule has 2 aliphatic rings. The van der Waals surface area contributed by atoms with Gasteiger partial charge in [-0.1, -0.05) is 50.1 Å². The molecule has 2 aromatic rings. The highest BCUT2D eigenvalue weighted by Crippen LogP contribution is 2.62. The van der Waals surface area contributed by atoms with Crippen LogP contribution in [0.3, 0.4) is 0 Å². The zero-order valence-electron chi connectivity index (χ0n) is 18.1. The van der Waals surface area contributed by atoms with Crippen LogP contribution in [0.4, 0.5) is 0 Å². The Bertz CT molecular complexity index is 998. The highest BCUT2D eigenvalue weighted by Gasteiger charge is 2.59. The van der Waals surface area contributed by atoms with Gasteiger partial charge in [-0.15, -0.1) is 17.8 Å². The van der Waals surface area contributed by atoms with Gasteiger partial charge in [0, 0.05) is 28.2 Å². The Balaban J connectivity index is 1.80. The molecule has 0 aliphatic heterocycles. The van der Waals surface area contributed by atoms with Crippen LogP contribution in [0.15, 0.2) is 30.3 Å². The summed E-state index contributed by atoms with van der Waals surface area (Å²) in [4.78, 5) is 18.9. The molecule has 1 heterocycles. The van der Waals surface area contributed by atoms with Crippen molar-refractivity contribution in [1.29, 1.82) is 0 Å². The monoisotopic (exact) mass is 438 g/mol. The number of benzene rings is 1. The molecule has 2 aliphatic carbocycles. The highest BCUT2D eigenvalue weighted by atomic mass is 32.1. The van der Waals surface area contributed by atoms with Crippen LogP contribution in [0.1, 0.15) is 49.6 Å². The summed E-state index contributed by atoms with van der Waals surface area (Å²) in [5.74, 6) is 2.34. The van der Waals surface area contributed by atoms with E-state index in [1.54, 1.807) is 11.3 Å². The second-order valence-electron chi connectivity index (χ2n) is 9.41. The number of fused-ring (bicyclic) bond motifs is 2. The van der Waals surface area contributed by atoms with Crippen molar-refractivity contribution in [3.05, 3.63) is 40.9 Å². The number of aliphatic hydroxyl groups is 2. The van der Waals surface area contributed by atoms with E-state index in [1.807, 2.05) is 25.1 Å². The third-order valence-corrected chi connectivity index (χ3v) is 8.83. The van der Waals surface area contributed by atoms with E-state index >= 15 is 0 Å². The van der Waals surface area contributed by atoms with Crippen molar-refractivity contribution < 1.29 is 15.0 Å². The molecule has 0 saturated heterocycles. The maximum atomic E-state index is 12.7. The van der Waals surface area contributed by atoms with E-state index in [-0.39, 0.29) is 36.3 Å². The molecule has 1 aromatic heterocycles. The lowest BCUT2D eigenvalue weighted by Crippen LogP contribution is -2.57. The number of rotatable bonds is 5. The molecule has 0 bridgehead atoms. The summed E-state index contributed by atoms with van der Waals surface area (Å²) in [6.07, 6.45) is 7.22. The quantitative estimate of drug-likeness (QED) is 0.625. The van der Waals surface area contributed by atoms with Gasteiger partial charge < -0.3 is 15.5 Å². The Morgan fingerprint density at radius 1 is 1.35 bits per heavy atom. The maximum absolute atomic E-state index is 12.7. The molecule has 5 atom stereocenters. The first-order chi connectivity index (χ1) is 14.8. The fraction of sp³-hybridized carbons (Fsp3) is 0.520. The van der Waals surface area contributed by atoms with Gasteiger partial charge in [0.25, 0.3) is 0 Å². The SMILES string of the molecule is C#CCNC(=O)C[C@@H]1c2nc(-c3ccccc3)sc2C[C@@H]2[C@](C)(CO)[C@H](O)CC[C@]21C. The minimum atomic E-state index is -0.616. The van der Waals surface area contributed by atoms with Crippen LogP contribution in [-0.2, 0) is 11.2 Å². The smallest absolute Gasteiger partial charge is 0.221 e. The Hall–Kier alpha value is -2.20. The lowest BCUT2D eigenvalue weighted by Gasteiger charge is -2.58. The summed E-state index contributed by atoms with van der Waals surface area (Å²) in [6.45, 7) is 4.32. The first kappa shape index (κ1) is 22.0. The van der Waals surface area contributed by atoms with E-state index in [0.29, 0.717) is 12.8 Å². The fourth-order valence-electron chi connectivity index (χ4n) is 5.76. The second-order valence-corrected chi connectivity index (χ2v) is 10.5. The van der Waals surface area contributed by atoms with Gasteiger partial charge in [-0.2, -0.15) is 0 Å². The van der Waals surface area contributed by atoms with Crippen LogP contribution < -0.4 is 5.32 Å². The molecule has 1 amide bonds. The summed E-state index contributed by atoms with van der Waals surface area (Å²) < 4.78 is 0. The molecule has 1 fully saturated rings. The number of thiazole rings is 1. The van der Waals surface area contributed by atoms with Crippen molar-refractivity contribution in [1.82, 2.24) is 10.3 Å². The van der Waals surface area contributed by atoms with Crippen LogP contribution in [-0.4, -0.2) is 40.4 Å². The van der Waals surface area contributed by atoms with E-state index < -0.39 is 11.5 Å². The molecule has 0 spiro atoms. The summed E-state index contributed by atoms with van der Waals surface area (Å²) in [6, 6.07) is 10.1. The number of carbonyl (C=O) groups is 1. The Labute approximate surface area is 187 Å². The van der Waals surface area contributed by atoms with Crippen LogP contribution in [0.5, 0.6) is 0 Å². The van der Waals surface area contributed by atoms with Gasteiger partial charge in [-0.25, -0.2) is 4.98 Å². The number of amides is 1. The first-order valence-electron chi connectivity index (χ1n) is 10.9. The van der Waals surface area contributed by atoms with E-state index in [2.05, 4.69) is 30.3 Å². The zero-order valence-corrected chi connectivity index (χ0v) is 18.9. The molecule has 3 N–H and O–H groups in total. The second kappa shape index (κ2) is 8.38. The largest absolute Gasteiger partial charge is 0.396 e. The minimum Gasteiger partial charge on any atom is -0.396 e. The minimum absolute atomic E-state index is 0.0516. The summed E-state index contributed by atoms with van der Waals surface area (Å²) >= 11 is 1.67.